The maximum absolute atomic E-state index is 6.01. The molecular weight excluding hydrogens is 271 g/mol. The lowest BCUT2D eigenvalue weighted by atomic mass is 10.1. The van der Waals surface area contributed by atoms with Gasteiger partial charge in [-0.1, -0.05) is 52.1 Å². The minimum absolute atomic E-state index is 0.527. The highest BCUT2D eigenvalue weighted by Gasteiger charge is 2.02. The Morgan fingerprint density at radius 2 is 2.08 bits per heavy atom. The van der Waals surface area contributed by atoms with Crippen molar-refractivity contribution in [3.05, 3.63) is 33.8 Å². The number of halogens is 3. The van der Waals surface area contributed by atoms with E-state index in [-0.39, 0.29) is 0 Å². The highest BCUT2D eigenvalue weighted by molar-refractivity contribution is 9.09. The molecular formula is C10H11BrCl2. The fourth-order valence-electron chi connectivity index (χ4n) is 1.08. The molecule has 1 aromatic rings. The summed E-state index contributed by atoms with van der Waals surface area (Å²) in [6.07, 6.45) is 2.07. The van der Waals surface area contributed by atoms with Crippen LogP contribution in [0.4, 0.5) is 0 Å². The molecule has 0 aromatic heterocycles. The second-order valence-electron chi connectivity index (χ2n) is 3.06. The summed E-state index contributed by atoms with van der Waals surface area (Å²) in [6.45, 7) is 2.13. The van der Waals surface area contributed by atoms with Gasteiger partial charge in [0.1, 0.15) is 0 Å². The summed E-state index contributed by atoms with van der Waals surface area (Å²) in [5, 5.41) is 1.46. The Hall–Kier alpha value is 0.280. The zero-order chi connectivity index (χ0) is 9.84. The van der Waals surface area contributed by atoms with Gasteiger partial charge in [0.25, 0.3) is 0 Å². The zero-order valence-corrected chi connectivity index (χ0v) is 10.5. The van der Waals surface area contributed by atoms with E-state index in [1.807, 2.05) is 12.1 Å². The van der Waals surface area contributed by atoms with Crippen LogP contribution in [0.1, 0.15) is 18.9 Å². The van der Waals surface area contributed by atoms with Crippen molar-refractivity contribution < 1.29 is 0 Å². The molecule has 0 N–H and O–H groups in total. The Morgan fingerprint density at radius 1 is 1.38 bits per heavy atom. The number of aryl methyl sites for hydroxylation is 1. The van der Waals surface area contributed by atoms with E-state index in [9.17, 15) is 0 Å². The van der Waals surface area contributed by atoms with Gasteiger partial charge in [0.05, 0.1) is 0 Å². The predicted molar refractivity (Wildman–Crippen MR) is 63.2 cm³/mol. The van der Waals surface area contributed by atoms with Crippen LogP contribution in [0.15, 0.2) is 18.2 Å². The highest BCUT2D eigenvalue weighted by atomic mass is 79.9. The maximum atomic E-state index is 6.01. The van der Waals surface area contributed by atoms with Crippen LogP contribution in [0.2, 0.25) is 10.0 Å². The molecule has 0 fully saturated rings. The molecule has 1 rings (SSSR count). The molecule has 1 atom stereocenters. The number of hydrogen-bond donors (Lipinski definition) is 0. The molecule has 1 unspecified atom stereocenters. The first-order valence-electron chi connectivity index (χ1n) is 4.17. The Bertz CT molecular complexity index is 284. The Balaban J connectivity index is 2.67. The number of benzene rings is 1. The number of hydrogen-bond acceptors (Lipinski definition) is 0. The van der Waals surface area contributed by atoms with Gasteiger partial charge in [-0.05, 0) is 30.5 Å². The van der Waals surface area contributed by atoms with E-state index < -0.39 is 0 Å². The lowest BCUT2D eigenvalue weighted by Crippen LogP contribution is -1.94. The average Bonchev–Trinajstić information content (AvgIpc) is 2.02. The Labute approximate surface area is 97.4 Å². The molecule has 0 saturated heterocycles. The van der Waals surface area contributed by atoms with Gasteiger partial charge in [-0.3, -0.25) is 0 Å². The average molecular weight is 282 g/mol. The van der Waals surface area contributed by atoms with Crippen LogP contribution in [-0.4, -0.2) is 4.83 Å². The molecule has 0 nitrogen and oxygen atoms in total. The molecule has 1 aromatic carbocycles. The second-order valence-corrected chi connectivity index (χ2v) is 5.46. The SMILES string of the molecule is CC(Br)CCc1ccc(Cl)cc1Cl. The fourth-order valence-corrected chi connectivity index (χ4v) is 1.81. The molecule has 0 spiro atoms. The van der Waals surface area contributed by atoms with Crippen LogP contribution in [0, 0.1) is 0 Å². The van der Waals surface area contributed by atoms with Gasteiger partial charge in [-0.25, -0.2) is 0 Å². The van der Waals surface area contributed by atoms with Crippen LogP contribution in [-0.2, 0) is 6.42 Å². The lowest BCUT2D eigenvalue weighted by Gasteiger charge is -2.05. The first-order chi connectivity index (χ1) is 6.09. The fraction of sp³-hybridized carbons (Fsp3) is 0.400. The van der Waals surface area contributed by atoms with Gasteiger partial charge in [0.2, 0.25) is 0 Å². The van der Waals surface area contributed by atoms with E-state index in [0.717, 1.165) is 23.4 Å². The van der Waals surface area contributed by atoms with Crippen molar-refractivity contribution >= 4 is 39.1 Å². The molecule has 0 aliphatic rings. The van der Waals surface area contributed by atoms with Crippen LogP contribution >= 0.6 is 39.1 Å². The minimum Gasteiger partial charge on any atom is -0.0894 e. The summed E-state index contributed by atoms with van der Waals surface area (Å²) >= 11 is 15.3. The third-order valence-electron chi connectivity index (χ3n) is 1.83. The second kappa shape index (κ2) is 5.23. The van der Waals surface area contributed by atoms with Gasteiger partial charge in [-0.2, -0.15) is 0 Å². The Morgan fingerprint density at radius 3 is 2.62 bits per heavy atom. The molecule has 72 valence electrons. The normalized spacial score (nSPS) is 12.9. The van der Waals surface area contributed by atoms with E-state index >= 15 is 0 Å². The molecule has 0 aliphatic carbocycles. The zero-order valence-electron chi connectivity index (χ0n) is 7.36. The first kappa shape index (κ1) is 11.4. The van der Waals surface area contributed by atoms with Crippen LogP contribution in [0.25, 0.3) is 0 Å². The van der Waals surface area contributed by atoms with Gasteiger partial charge in [-0.15, -0.1) is 0 Å². The molecule has 0 saturated carbocycles. The predicted octanol–water partition coefficient (Wildman–Crippen LogP) is 4.71. The van der Waals surface area contributed by atoms with Crippen LogP contribution < -0.4 is 0 Å². The smallest absolute Gasteiger partial charge is 0.0452 e. The van der Waals surface area contributed by atoms with Crippen LogP contribution in [0.5, 0.6) is 0 Å². The number of alkyl halides is 1. The highest BCUT2D eigenvalue weighted by Crippen LogP contribution is 2.23. The minimum atomic E-state index is 0.527. The Kier molecular flexibility index (Phi) is 4.57. The van der Waals surface area contributed by atoms with Crippen LogP contribution in [0.3, 0.4) is 0 Å². The molecule has 0 bridgehead atoms. The summed E-state index contributed by atoms with van der Waals surface area (Å²) in [5.74, 6) is 0. The first-order valence-corrected chi connectivity index (χ1v) is 5.84. The quantitative estimate of drug-likeness (QED) is 0.704. The topological polar surface area (TPSA) is 0 Å². The van der Waals surface area contributed by atoms with E-state index in [2.05, 4.69) is 22.9 Å². The summed E-state index contributed by atoms with van der Waals surface area (Å²) < 4.78 is 0. The van der Waals surface area contributed by atoms with E-state index in [1.54, 1.807) is 6.07 Å². The van der Waals surface area contributed by atoms with Gasteiger partial charge < -0.3 is 0 Å². The van der Waals surface area contributed by atoms with Gasteiger partial charge in [0.15, 0.2) is 0 Å². The van der Waals surface area contributed by atoms with E-state index in [1.165, 1.54) is 0 Å². The van der Waals surface area contributed by atoms with Crippen molar-refractivity contribution in [1.82, 2.24) is 0 Å². The molecule has 13 heavy (non-hydrogen) atoms. The molecule has 0 heterocycles. The van der Waals surface area contributed by atoms with Crippen molar-refractivity contribution in [1.29, 1.82) is 0 Å². The standard InChI is InChI=1S/C10H11BrCl2/c1-7(11)2-3-8-4-5-9(12)6-10(8)13/h4-7H,2-3H2,1H3. The lowest BCUT2D eigenvalue weighted by molar-refractivity contribution is 0.822. The summed E-state index contributed by atoms with van der Waals surface area (Å²) in [5.41, 5.74) is 1.16. The van der Waals surface area contributed by atoms with Crippen molar-refractivity contribution in [2.24, 2.45) is 0 Å². The van der Waals surface area contributed by atoms with Gasteiger partial charge in [0, 0.05) is 14.9 Å². The summed E-state index contributed by atoms with van der Waals surface area (Å²) in [7, 11) is 0. The third kappa shape index (κ3) is 3.88. The van der Waals surface area contributed by atoms with Gasteiger partial charge >= 0.3 is 0 Å². The molecule has 0 amide bonds. The number of rotatable bonds is 3. The van der Waals surface area contributed by atoms with Crippen molar-refractivity contribution in [3.63, 3.8) is 0 Å². The monoisotopic (exact) mass is 280 g/mol. The summed E-state index contributed by atoms with van der Waals surface area (Å²) in [4.78, 5) is 0.527. The summed E-state index contributed by atoms with van der Waals surface area (Å²) in [6, 6.07) is 5.65. The maximum Gasteiger partial charge on any atom is 0.0452 e. The molecule has 3 heteroatoms. The van der Waals surface area contributed by atoms with E-state index in [4.69, 9.17) is 23.2 Å². The van der Waals surface area contributed by atoms with Crippen molar-refractivity contribution in [2.45, 2.75) is 24.6 Å². The third-order valence-corrected chi connectivity index (χ3v) is 2.87. The van der Waals surface area contributed by atoms with E-state index in [0.29, 0.717) is 9.85 Å². The molecule has 0 radical (unpaired) electrons. The van der Waals surface area contributed by atoms with Crippen molar-refractivity contribution in [3.8, 4) is 0 Å². The van der Waals surface area contributed by atoms with Crippen molar-refractivity contribution in [2.75, 3.05) is 0 Å². The molecule has 0 aliphatic heterocycles. The largest absolute Gasteiger partial charge is 0.0894 e.